The van der Waals surface area contributed by atoms with Gasteiger partial charge in [-0.05, 0) is 32.0 Å². The normalized spacial score (nSPS) is 18.6. The van der Waals surface area contributed by atoms with Gasteiger partial charge in [0.1, 0.15) is 5.82 Å². The number of pyridine rings is 1. The van der Waals surface area contributed by atoms with Gasteiger partial charge in [-0.1, -0.05) is 25.1 Å². The van der Waals surface area contributed by atoms with Crippen molar-refractivity contribution in [2.24, 2.45) is 7.05 Å². The molecule has 2 N–H and O–H groups in total. The van der Waals surface area contributed by atoms with Crippen molar-refractivity contribution in [1.29, 1.82) is 0 Å². The van der Waals surface area contributed by atoms with Gasteiger partial charge >= 0.3 is 6.03 Å². The fourth-order valence-corrected chi connectivity index (χ4v) is 3.77. The van der Waals surface area contributed by atoms with Crippen LogP contribution >= 0.6 is 0 Å². The van der Waals surface area contributed by atoms with E-state index in [1.807, 2.05) is 62.2 Å². The van der Waals surface area contributed by atoms with E-state index in [0.717, 1.165) is 17.8 Å². The molecule has 9 heteroatoms. The van der Waals surface area contributed by atoms with Crippen molar-refractivity contribution in [3.63, 3.8) is 0 Å². The molecule has 2 aromatic heterocycles. The lowest BCUT2D eigenvalue weighted by Crippen LogP contribution is -2.44. The summed E-state index contributed by atoms with van der Waals surface area (Å²) in [4.78, 5) is 30.8. The van der Waals surface area contributed by atoms with Crippen molar-refractivity contribution < 1.29 is 9.63 Å². The second-order valence-corrected chi connectivity index (χ2v) is 7.93. The van der Waals surface area contributed by atoms with Crippen LogP contribution in [0.1, 0.15) is 19.4 Å². The molecule has 2 amide bonds. The van der Waals surface area contributed by atoms with Gasteiger partial charge in [-0.15, -0.1) is 0 Å². The molecule has 1 aliphatic rings. The van der Waals surface area contributed by atoms with E-state index in [2.05, 4.69) is 10.6 Å². The molecule has 2 atom stereocenters. The number of urea groups is 1. The molecule has 168 valence electrons. The fraction of sp³-hybridized carbons (Fsp3) is 0.348. The molecule has 0 unspecified atom stereocenters. The van der Waals surface area contributed by atoms with E-state index in [4.69, 9.17) is 9.94 Å². The summed E-state index contributed by atoms with van der Waals surface area (Å²) < 4.78 is 3.19. The van der Waals surface area contributed by atoms with E-state index in [1.165, 1.54) is 4.57 Å². The largest absolute Gasteiger partial charge is 0.331 e. The van der Waals surface area contributed by atoms with Crippen LogP contribution in [-0.2, 0) is 11.9 Å². The number of likely N-dealkylation sites (N-methyl/N-ethyl adjacent to an activating group) is 1. The number of carbonyl (C=O) groups is 1. The van der Waals surface area contributed by atoms with E-state index in [9.17, 15) is 9.59 Å². The Kier molecular flexibility index (Phi) is 6.11. The van der Waals surface area contributed by atoms with Gasteiger partial charge < -0.3 is 9.88 Å². The molecule has 1 aromatic carbocycles. The highest BCUT2D eigenvalue weighted by atomic mass is 16.7. The molecular weight excluding hydrogens is 408 g/mol. The number of hydroxylamine groups is 2. The third kappa shape index (κ3) is 4.30. The Labute approximate surface area is 186 Å². The van der Waals surface area contributed by atoms with E-state index in [1.54, 1.807) is 24.0 Å². The molecule has 1 aliphatic heterocycles. The Hall–Kier alpha value is -3.43. The summed E-state index contributed by atoms with van der Waals surface area (Å²) in [6, 6.07) is 12.5. The van der Waals surface area contributed by atoms with Crippen molar-refractivity contribution in [2.75, 3.05) is 18.4 Å². The zero-order valence-corrected chi connectivity index (χ0v) is 18.7. The monoisotopic (exact) mass is 436 g/mol. The SMILES string of the molecule is CCN1C[C@@H](NC(=O)Nc2c(C)c(-c3ccn(C)c(=O)c3)nn2-c2ccccc2)[C@H](C)O1. The molecule has 9 nitrogen and oxygen atoms in total. The van der Waals surface area contributed by atoms with Gasteiger partial charge in [0, 0.05) is 43.5 Å². The number of aryl methyl sites for hydroxylation is 1. The molecular formula is C23H28N6O3. The summed E-state index contributed by atoms with van der Waals surface area (Å²) in [6.07, 6.45) is 1.59. The maximum absolute atomic E-state index is 12.9. The molecule has 0 aliphatic carbocycles. The summed E-state index contributed by atoms with van der Waals surface area (Å²) in [5, 5.41) is 12.5. The second kappa shape index (κ2) is 8.97. The summed E-state index contributed by atoms with van der Waals surface area (Å²) >= 11 is 0. The predicted molar refractivity (Wildman–Crippen MR) is 123 cm³/mol. The Morgan fingerprint density at radius 3 is 2.66 bits per heavy atom. The van der Waals surface area contributed by atoms with E-state index in [-0.39, 0.29) is 23.7 Å². The average molecular weight is 437 g/mol. The molecule has 3 aromatic rings. The first kappa shape index (κ1) is 21.8. The van der Waals surface area contributed by atoms with Gasteiger partial charge in [-0.3, -0.25) is 14.9 Å². The van der Waals surface area contributed by atoms with Crippen LogP contribution in [0.25, 0.3) is 16.9 Å². The van der Waals surface area contributed by atoms with E-state index in [0.29, 0.717) is 23.6 Å². The number of nitrogens with one attached hydrogen (secondary N) is 2. The van der Waals surface area contributed by atoms with Crippen LogP contribution in [0.5, 0.6) is 0 Å². The van der Waals surface area contributed by atoms with Crippen molar-refractivity contribution in [3.05, 3.63) is 64.6 Å². The minimum absolute atomic E-state index is 0.114. The van der Waals surface area contributed by atoms with Crippen LogP contribution in [-0.4, -0.2) is 50.7 Å². The maximum atomic E-state index is 12.9. The zero-order chi connectivity index (χ0) is 22.8. The first-order chi connectivity index (χ1) is 15.4. The molecule has 0 bridgehead atoms. The number of hydrogen-bond donors (Lipinski definition) is 2. The van der Waals surface area contributed by atoms with Crippen LogP contribution in [0.15, 0.2) is 53.5 Å². The first-order valence-corrected chi connectivity index (χ1v) is 10.7. The van der Waals surface area contributed by atoms with Crippen molar-refractivity contribution in [1.82, 2.24) is 24.7 Å². The topological polar surface area (TPSA) is 93.4 Å². The number of hydrogen-bond acceptors (Lipinski definition) is 5. The number of amides is 2. The molecule has 3 heterocycles. The van der Waals surface area contributed by atoms with Crippen LogP contribution in [0.4, 0.5) is 10.6 Å². The number of anilines is 1. The molecule has 1 fully saturated rings. The quantitative estimate of drug-likeness (QED) is 0.642. The summed E-state index contributed by atoms with van der Waals surface area (Å²) in [5.74, 6) is 0.545. The van der Waals surface area contributed by atoms with Gasteiger partial charge in [0.25, 0.3) is 5.56 Å². The Bertz CT molecular complexity index is 1170. The minimum atomic E-state index is -0.334. The van der Waals surface area contributed by atoms with E-state index < -0.39 is 0 Å². The standard InChI is InChI=1S/C23H28N6O3/c1-5-28-14-19(16(3)32-28)24-23(31)25-22-15(2)21(17-11-12-27(4)20(30)13-17)26-29(22)18-9-7-6-8-10-18/h6-13,16,19H,5,14H2,1-4H3,(H2,24,25,31)/t16-,19+/m0/s1. The van der Waals surface area contributed by atoms with Crippen LogP contribution in [0.3, 0.4) is 0 Å². The Balaban J connectivity index is 1.67. The fourth-order valence-electron chi connectivity index (χ4n) is 3.77. The van der Waals surface area contributed by atoms with Crippen LogP contribution in [0.2, 0.25) is 0 Å². The molecule has 1 saturated heterocycles. The summed E-state index contributed by atoms with van der Waals surface area (Å²) in [5.41, 5.74) is 2.77. The molecule has 4 rings (SSSR count). The zero-order valence-electron chi connectivity index (χ0n) is 18.7. The lowest BCUT2D eigenvalue weighted by molar-refractivity contribution is -0.137. The summed E-state index contributed by atoms with van der Waals surface area (Å²) in [6.45, 7) is 7.21. The van der Waals surface area contributed by atoms with Gasteiger partial charge in [0.2, 0.25) is 0 Å². The minimum Gasteiger partial charge on any atom is -0.331 e. The molecule has 0 saturated carbocycles. The number of benzene rings is 1. The Morgan fingerprint density at radius 2 is 2.00 bits per heavy atom. The Morgan fingerprint density at radius 1 is 1.25 bits per heavy atom. The lowest BCUT2D eigenvalue weighted by atomic mass is 10.1. The number of aromatic nitrogens is 3. The highest BCUT2D eigenvalue weighted by Crippen LogP contribution is 2.30. The van der Waals surface area contributed by atoms with Gasteiger partial charge in [-0.2, -0.15) is 10.2 Å². The van der Waals surface area contributed by atoms with E-state index >= 15 is 0 Å². The average Bonchev–Trinajstić information content (AvgIpc) is 3.30. The van der Waals surface area contributed by atoms with Crippen molar-refractivity contribution in [3.8, 4) is 16.9 Å². The van der Waals surface area contributed by atoms with Gasteiger partial charge in [0.15, 0.2) is 0 Å². The number of para-hydroxylation sites is 1. The highest BCUT2D eigenvalue weighted by molar-refractivity contribution is 5.91. The van der Waals surface area contributed by atoms with Crippen LogP contribution < -0.4 is 16.2 Å². The van der Waals surface area contributed by atoms with Gasteiger partial charge in [0.05, 0.1) is 23.5 Å². The first-order valence-electron chi connectivity index (χ1n) is 10.7. The number of nitrogens with zero attached hydrogens (tertiary/aromatic N) is 4. The second-order valence-electron chi connectivity index (χ2n) is 7.93. The summed E-state index contributed by atoms with van der Waals surface area (Å²) in [7, 11) is 1.70. The lowest BCUT2D eigenvalue weighted by Gasteiger charge is -2.16. The smallest absolute Gasteiger partial charge is 0.320 e. The number of rotatable bonds is 5. The van der Waals surface area contributed by atoms with Crippen LogP contribution in [0, 0.1) is 6.92 Å². The van der Waals surface area contributed by atoms with Gasteiger partial charge in [-0.25, -0.2) is 9.48 Å². The molecule has 0 radical (unpaired) electrons. The third-order valence-corrected chi connectivity index (χ3v) is 5.68. The number of carbonyl (C=O) groups excluding carboxylic acids is 1. The highest BCUT2D eigenvalue weighted by Gasteiger charge is 2.31. The molecule has 0 spiro atoms. The maximum Gasteiger partial charge on any atom is 0.320 e. The van der Waals surface area contributed by atoms with Crippen molar-refractivity contribution in [2.45, 2.75) is 32.9 Å². The van der Waals surface area contributed by atoms with Crippen molar-refractivity contribution >= 4 is 11.8 Å². The third-order valence-electron chi connectivity index (χ3n) is 5.68. The predicted octanol–water partition coefficient (Wildman–Crippen LogP) is 2.69. The molecule has 32 heavy (non-hydrogen) atoms.